The van der Waals surface area contributed by atoms with Gasteiger partial charge in [0.1, 0.15) is 0 Å². The van der Waals surface area contributed by atoms with Crippen LogP contribution in [0.25, 0.3) is 0 Å². The van der Waals surface area contributed by atoms with Gasteiger partial charge in [-0.1, -0.05) is 30.3 Å². The van der Waals surface area contributed by atoms with E-state index in [0.717, 1.165) is 24.9 Å². The third-order valence-electron chi connectivity index (χ3n) is 4.58. The lowest BCUT2D eigenvalue weighted by Gasteiger charge is -2.27. The molecule has 0 bridgehead atoms. The van der Waals surface area contributed by atoms with Gasteiger partial charge in [0.15, 0.2) is 0 Å². The molecule has 0 aromatic heterocycles. The minimum atomic E-state index is 0.570. The topological polar surface area (TPSA) is 32.5 Å². The first kappa shape index (κ1) is 12.2. The Morgan fingerprint density at radius 3 is 2.67 bits per heavy atom. The fourth-order valence-electron chi connectivity index (χ4n) is 3.78. The Labute approximate surface area is 110 Å². The summed E-state index contributed by atoms with van der Waals surface area (Å²) in [5, 5.41) is 0. The maximum Gasteiger partial charge on any atom is 0.0266 e. The molecule has 2 aliphatic rings. The van der Waals surface area contributed by atoms with Crippen LogP contribution in [0.5, 0.6) is 0 Å². The van der Waals surface area contributed by atoms with Crippen molar-refractivity contribution in [2.75, 3.05) is 33.2 Å². The molecule has 0 unspecified atom stereocenters. The lowest BCUT2D eigenvalue weighted by atomic mass is 9.94. The predicted octanol–water partition coefficient (Wildman–Crippen LogP) is 1.01. The number of fused-ring (bicyclic) bond motifs is 1. The SMILES string of the molecule is CN1C[C@@H]2CN(Cc3ccccc3)[C@H](CN)[C@@H]2C1. The van der Waals surface area contributed by atoms with Crippen LogP contribution in [-0.2, 0) is 6.54 Å². The molecule has 98 valence electrons. The third kappa shape index (κ3) is 2.18. The normalized spacial score (nSPS) is 32.9. The first-order valence-electron chi connectivity index (χ1n) is 6.94. The fourth-order valence-corrected chi connectivity index (χ4v) is 3.78. The van der Waals surface area contributed by atoms with Crippen molar-refractivity contribution in [1.82, 2.24) is 9.80 Å². The number of likely N-dealkylation sites (tertiary alicyclic amines) is 2. The van der Waals surface area contributed by atoms with Crippen LogP contribution in [0.1, 0.15) is 5.56 Å². The molecule has 1 aromatic carbocycles. The second-order valence-corrected chi connectivity index (χ2v) is 5.86. The third-order valence-corrected chi connectivity index (χ3v) is 4.58. The monoisotopic (exact) mass is 245 g/mol. The maximum atomic E-state index is 6.02. The average Bonchev–Trinajstić information content (AvgIpc) is 2.85. The summed E-state index contributed by atoms with van der Waals surface area (Å²) >= 11 is 0. The average molecular weight is 245 g/mol. The number of hydrogen-bond donors (Lipinski definition) is 1. The van der Waals surface area contributed by atoms with Crippen LogP contribution in [0.15, 0.2) is 30.3 Å². The van der Waals surface area contributed by atoms with Crippen molar-refractivity contribution in [3.05, 3.63) is 35.9 Å². The van der Waals surface area contributed by atoms with Crippen molar-refractivity contribution in [3.8, 4) is 0 Å². The zero-order valence-electron chi connectivity index (χ0n) is 11.1. The summed E-state index contributed by atoms with van der Waals surface area (Å²) in [4.78, 5) is 5.05. The van der Waals surface area contributed by atoms with E-state index >= 15 is 0 Å². The number of nitrogens with two attached hydrogens (primary N) is 1. The minimum Gasteiger partial charge on any atom is -0.329 e. The van der Waals surface area contributed by atoms with Crippen molar-refractivity contribution in [3.63, 3.8) is 0 Å². The lowest BCUT2D eigenvalue weighted by Crippen LogP contribution is -2.40. The van der Waals surface area contributed by atoms with Crippen molar-refractivity contribution in [2.45, 2.75) is 12.6 Å². The van der Waals surface area contributed by atoms with Gasteiger partial charge in [0, 0.05) is 38.8 Å². The Morgan fingerprint density at radius 1 is 1.17 bits per heavy atom. The number of nitrogens with zero attached hydrogens (tertiary/aromatic N) is 2. The molecule has 2 saturated heterocycles. The van der Waals surface area contributed by atoms with Crippen LogP contribution in [0.3, 0.4) is 0 Å². The Kier molecular flexibility index (Phi) is 3.37. The van der Waals surface area contributed by atoms with E-state index in [1.54, 1.807) is 0 Å². The molecule has 0 amide bonds. The smallest absolute Gasteiger partial charge is 0.0266 e. The van der Waals surface area contributed by atoms with Crippen LogP contribution in [0, 0.1) is 11.8 Å². The van der Waals surface area contributed by atoms with Gasteiger partial charge in [-0.2, -0.15) is 0 Å². The Hall–Kier alpha value is -0.900. The summed E-state index contributed by atoms with van der Waals surface area (Å²) in [7, 11) is 2.23. The number of hydrogen-bond acceptors (Lipinski definition) is 3. The van der Waals surface area contributed by atoms with Crippen molar-refractivity contribution >= 4 is 0 Å². The van der Waals surface area contributed by atoms with E-state index in [-0.39, 0.29) is 0 Å². The van der Waals surface area contributed by atoms with Crippen molar-refractivity contribution in [1.29, 1.82) is 0 Å². The largest absolute Gasteiger partial charge is 0.329 e. The molecule has 3 atom stereocenters. The molecule has 0 radical (unpaired) electrons. The molecule has 2 N–H and O–H groups in total. The molecule has 1 aromatic rings. The molecule has 2 fully saturated rings. The standard InChI is InChI=1S/C15H23N3/c1-17-9-13-10-18(15(7-16)14(13)11-17)8-12-5-3-2-4-6-12/h2-6,13-15H,7-11,16H2,1H3/t13-,14-,15-/m1/s1. The Balaban J connectivity index is 1.71. The van der Waals surface area contributed by atoms with Gasteiger partial charge in [0.05, 0.1) is 0 Å². The van der Waals surface area contributed by atoms with Crippen molar-refractivity contribution < 1.29 is 0 Å². The van der Waals surface area contributed by atoms with Gasteiger partial charge < -0.3 is 10.6 Å². The highest BCUT2D eigenvalue weighted by atomic mass is 15.3. The second kappa shape index (κ2) is 5.00. The molecular formula is C15H23N3. The molecule has 0 aliphatic carbocycles. The van der Waals surface area contributed by atoms with E-state index in [4.69, 9.17) is 5.73 Å². The van der Waals surface area contributed by atoms with Crippen LogP contribution < -0.4 is 5.73 Å². The van der Waals surface area contributed by atoms with E-state index in [2.05, 4.69) is 47.2 Å². The van der Waals surface area contributed by atoms with E-state index in [9.17, 15) is 0 Å². The highest BCUT2D eigenvalue weighted by Gasteiger charge is 2.44. The summed E-state index contributed by atoms with van der Waals surface area (Å²) in [5.74, 6) is 1.61. The first-order valence-corrected chi connectivity index (χ1v) is 6.94. The highest BCUT2D eigenvalue weighted by Crippen LogP contribution is 2.35. The van der Waals surface area contributed by atoms with Gasteiger partial charge in [0.2, 0.25) is 0 Å². The first-order chi connectivity index (χ1) is 8.78. The molecule has 0 spiro atoms. The summed E-state index contributed by atoms with van der Waals surface area (Å²) in [6.45, 7) is 5.53. The van der Waals surface area contributed by atoms with Crippen LogP contribution in [0.2, 0.25) is 0 Å². The van der Waals surface area contributed by atoms with Gasteiger partial charge >= 0.3 is 0 Å². The molecule has 2 aliphatic heterocycles. The summed E-state index contributed by atoms with van der Waals surface area (Å²) in [6.07, 6.45) is 0. The van der Waals surface area contributed by atoms with Crippen LogP contribution in [-0.4, -0.2) is 49.1 Å². The molecular weight excluding hydrogens is 222 g/mol. The highest BCUT2D eigenvalue weighted by molar-refractivity contribution is 5.15. The van der Waals surface area contributed by atoms with Crippen molar-refractivity contribution in [2.24, 2.45) is 17.6 Å². The molecule has 3 heteroatoms. The Morgan fingerprint density at radius 2 is 1.94 bits per heavy atom. The predicted molar refractivity (Wildman–Crippen MR) is 74.2 cm³/mol. The van der Waals surface area contributed by atoms with Gasteiger partial charge in [-0.05, 0) is 24.4 Å². The van der Waals surface area contributed by atoms with E-state index in [0.29, 0.717) is 6.04 Å². The lowest BCUT2D eigenvalue weighted by molar-refractivity contribution is 0.202. The van der Waals surface area contributed by atoms with E-state index < -0.39 is 0 Å². The second-order valence-electron chi connectivity index (χ2n) is 5.86. The van der Waals surface area contributed by atoms with E-state index in [1.165, 1.54) is 25.2 Å². The molecule has 2 heterocycles. The molecule has 0 saturated carbocycles. The summed E-state index contributed by atoms with van der Waals surface area (Å²) < 4.78 is 0. The molecule has 3 nitrogen and oxygen atoms in total. The van der Waals surface area contributed by atoms with E-state index in [1.807, 2.05) is 0 Å². The molecule has 3 rings (SSSR count). The van der Waals surface area contributed by atoms with Gasteiger partial charge in [-0.25, -0.2) is 0 Å². The number of benzene rings is 1. The number of rotatable bonds is 3. The molecule has 18 heavy (non-hydrogen) atoms. The summed E-state index contributed by atoms with van der Waals surface area (Å²) in [6, 6.07) is 11.3. The van der Waals surface area contributed by atoms with Crippen LogP contribution >= 0.6 is 0 Å². The zero-order chi connectivity index (χ0) is 12.5. The quantitative estimate of drug-likeness (QED) is 0.862. The summed E-state index contributed by atoms with van der Waals surface area (Å²) in [5.41, 5.74) is 7.43. The zero-order valence-corrected chi connectivity index (χ0v) is 11.1. The Bertz CT molecular complexity index is 392. The van der Waals surface area contributed by atoms with Crippen LogP contribution in [0.4, 0.5) is 0 Å². The van der Waals surface area contributed by atoms with Gasteiger partial charge in [-0.3, -0.25) is 4.90 Å². The van der Waals surface area contributed by atoms with Gasteiger partial charge in [0.25, 0.3) is 0 Å². The minimum absolute atomic E-state index is 0.570. The maximum absolute atomic E-state index is 6.02. The fraction of sp³-hybridized carbons (Fsp3) is 0.600. The van der Waals surface area contributed by atoms with Gasteiger partial charge in [-0.15, -0.1) is 0 Å².